The minimum Gasteiger partial charge on any atom is -0.459 e. The topological polar surface area (TPSA) is 107 Å². The molecule has 0 spiro atoms. The molecule has 0 saturated carbocycles. The fourth-order valence-electron chi connectivity index (χ4n) is 2.60. The Morgan fingerprint density at radius 2 is 1.91 bits per heavy atom. The van der Waals surface area contributed by atoms with Gasteiger partial charge >= 0.3 is 5.97 Å². The Morgan fingerprint density at radius 3 is 2.61 bits per heavy atom. The first-order chi connectivity index (χ1) is 10.9. The summed E-state index contributed by atoms with van der Waals surface area (Å²) in [6.45, 7) is 2.06. The van der Waals surface area contributed by atoms with E-state index < -0.39 is 30.4 Å². The van der Waals surface area contributed by atoms with Crippen LogP contribution in [-0.4, -0.2) is 56.9 Å². The maximum atomic E-state index is 11.7. The van der Waals surface area contributed by atoms with E-state index in [0.717, 1.165) is 19.3 Å². The highest BCUT2D eigenvalue weighted by molar-refractivity contribution is 5.69. The van der Waals surface area contributed by atoms with Crippen molar-refractivity contribution in [3.05, 3.63) is 12.2 Å². The minimum absolute atomic E-state index is 0.0595. The Bertz CT molecular complexity index is 370. The van der Waals surface area contributed by atoms with Crippen molar-refractivity contribution >= 4 is 5.97 Å². The van der Waals surface area contributed by atoms with E-state index >= 15 is 0 Å². The molecule has 1 aliphatic heterocycles. The molecule has 134 valence electrons. The molecule has 0 fully saturated rings. The third-order valence-corrected chi connectivity index (χ3v) is 4.11. The number of cyclic esters (lactones) is 1. The molecule has 6 nitrogen and oxygen atoms in total. The van der Waals surface area contributed by atoms with E-state index in [1.54, 1.807) is 0 Å². The molecule has 0 aromatic carbocycles. The van der Waals surface area contributed by atoms with Crippen LogP contribution in [0, 0.1) is 0 Å². The fourth-order valence-corrected chi connectivity index (χ4v) is 2.60. The molecule has 0 radical (unpaired) electrons. The second kappa shape index (κ2) is 10.8. The SMILES string of the molecule is CCCC[C@@H](O)CCC[C@@H]1OC(=O)CC[C@@H](O)/C=C\[C@H](O)[C@H]1O. The molecular formula is C17H30O6. The zero-order chi connectivity index (χ0) is 17.2. The first-order valence-electron chi connectivity index (χ1n) is 8.54. The summed E-state index contributed by atoms with van der Waals surface area (Å²) in [7, 11) is 0. The Kier molecular flexibility index (Phi) is 9.40. The largest absolute Gasteiger partial charge is 0.459 e. The number of esters is 1. The molecule has 0 aliphatic carbocycles. The lowest BCUT2D eigenvalue weighted by Crippen LogP contribution is -2.40. The molecule has 0 unspecified atom stereocenters. The second-order valence-electron chi connectivity index (χ2n) is 6.23. The highest BCUT2D eigenvalue weighted by atomic mass is 16.6. The summed E-state index contributed by atoms with van der Waals surface area (Å²) in [5, 5.41) is 39.5. The van der Waals surface area contributed by atoms with Gasteiger partial charge in [-0.2, -0.15) is 0 Å². The summed E-state index contributed by atoms with van der Waals surface area (Å²) in [4.78, 5) is 11.7. The zero-order valence-electron chi connectivity index (χ0n) is 13.8. The minimum atomic E-state index is -1.24. The molecule has 1 heterocycles. The molecule has 1 rings (SSSR count). The highest BCUT2D eigenvalue weighted by Gasteiger charge is 2.29. The summed E-state index contributed by atoms with van der Waals surface area (Å²) in [6, 6.07) is 0. The van der Waals surface area contributed by atoms with Crippen LogP contribution in [0.25, 0.3) is 0 Å². The summed E-state index contributed by atoms with van der Waals surface area (Å²) >= 11 is 0. The van der Waals surface area contributed by atoms with E-state index in [1.165, 1.54) is 12.2 Å². The number of rotatable bonds is 7. The van der Waals surface area contributed by atoms with Crippen LogP contribution in [0.1, 0.15) is 58.3 Å². The van der Waals surface area contributed by atoms with Crippen molar-refractivity contribution in [1.82, 2.24) is 0 Å². The van der Waals surface area contributed by atoms with E-state index in [2.05, 4.69) is 6.92 Å². The molecule has 0 saturated heterocycles. The van der Waals surface area contributed by atoms with Crippen LogP contribution in [0.15, 0.2) is 12.2 Å². The van der Waals surface area contributed by atoms with Crippen LogP contribution in [0.5, 0.6) is 0 Å². The molecule has 0 aromatic rings. The van der Waals surface area contributed by atoms with Gasteiger partial charge in [-0.05, 0) is 32.1 Å². The van der Waals surface area contributed by atoms with Crippen LogP contribution in [0.2, 0.25) is 0 Å². The predicted molar refractivity (Wildman–Crippen MR) is 85.7 cm³/mol. The lowest BCUT2D eigenvalue weighted by atomic mass is 9.98. The van der Waals surface area contributed by atoms with Gasteiger partial charge in [0.15, 0.2) is 0 Å². The Morgan fingerprint density at radius 1 is 1.22 bits per heavy atom. The Hall–Kier alpha value is -0.950. The number of ether oxygens (including phenoxy) is 1. The fraction of sp³-hybridized carbons (Fsp3) is 0.824. The van der Waals surface area contributed by atoms with Crippen LogP contribution in [0.3, 0.4) is 0 Å². The average molecular weight is 330 g/mol. The van der Waals surface area contributed by atoms with Crippen molar-refractivity contribution in [2.75, 3.05) is 0 Å². The Labute approximate surface area is 137 Å². The number of aliphatic hydroxyl groups is 4. The quantitative estimate of drug-likeness (QED) is 0.411. The number of carbonyl (C=O) groups is 1. The van der Waals surface area contributed by atoms with Gasteiger partial charge in [0.05, 0.1) is 12.2 Å². The van der Waals surface area contributed by atoms with Gasteiger partial charge < -0.3 is 25.2 Å². The third kappa shape index (κ3) is 7.92. The lowest BCUT2D eigenvalue weighted by molar-refractivity contribution is -0.160. The molecule has 0 bridgehead atoms. The lowest BCUT2D eigenvalue weighted by Gasteiger charge is -2.27. The van der Waals surface area contributed by atoms with Crippen molar-refractivity contribution in [2.45, 2.75) is 88.8 Å². The van der Waals surface area contributed by atoms with Crippen LogP contribution >= 0.6 is 0 Å². The van der Waals surface area contributed by atoms with Crippen molar-refractivity contribution in [3.63, 3.8) is 0 Å². The molecule has 5 atom stereocenters. The van der Waals surface area contributed by atoms with E-state index in [-0.39, 0.29) is 18.9 Å². The number of carbonyl (C=O) groups excluding carboxylic acids is 1. The number of hydrogen-bond acceptors (Lipinski definition) is 6. The van der Waals surface area contributed by atoms with Crippen molar-refractivity contribution in [3.8, 4) is 0 Å². The van der Waals surface area contributed by atoms with E-state index in [1.807, 2.05) is 0 Å². The van der Waals surface area contributed by atoms with E-state index in [0.29, 0.717) is 19.3 Å². The van der Waals surface area contributed by atoms with Gasteiger partial charge in [0.2, 0.25) is 0 Å². The average Bonchev–Trinajstić information content (AvgIpc) is 2.53. The van der Waals surface area contributed by atoms with Gasteiger partial charge in [0, 0.05) is 6.42 Å². The maximum Gasteiger partial charge on any atom is 0.306 e. The molecule has 4 N–H and O–H groups in total. The standard InChI is InChI=1S/C17H30O6/c1-2-3-5-12(18)6-4-7-15-17(22)14(20)10-8-13(19)9-11-16(21)23-15/h8,10,12-15,17-20,22H,2-7,9,11H2,1H3/b10-8-/t12-,13+,14+,15+,17-/m1/s1. The van der Waals surface area contributed by atoms with Gasteiger partial charge in [-0.15, -0.1) is 0 Å². The van der Waals surface area contributed by atoms with Gasteiger partial charge in [-0.25, -0.2) is 0 Å². The zero-order valence-corrected chi connectivity index (χ0v) is 13.8. The maximum absolute atomic E-state index is 11.7. The second-order valence-corrected chi connectivity index (χ2v) is 6.23. The summed E-state index contributed by atoms with van der Waals surface area (Å²) in [5.74, 6) is -0.498. The third-order valence-electron chi connectivity index (χ3n) is 4.11. The normalized spacial score (nSPS) is 32.1. The molecular weight excluding hydrogens is 300 g/mol. The summed E-state index contributed by atoms with van der Waals surface area (Å²) < 4.78 is 5.25. The molecule has 1 aliphatic rings. The van der Waals surface area contributed by atoms with Crippen LogP contribution in [0.4, 0.5) is 0 Å². The van der Waals surface area contributed by atoms with Crippen molar-refractivity contribution < 1.29 is 30.0 Å². The molecule has 23 heavy (non-hydrogen) atoms. The molecule has 0 aromatic heterocycles. The first kappa shape index (κ1) is 20.1. The van der Waals surface area contributed by atoms with Gasteiger partial charge in [-0.1, -0.05) is 31.9 Å². The molecule has 6 heteroatoms. The number of hydrogen-bond donors (Lipinski definition) is 4. The summed E-state index contributed by atoms with van der Waals surface area (Å²) in [5.41, 5.74) is 0. The van der Waals surface area contributed by atoms with Crippen molar-refractivity contribution in [1.29, 1.82) is 0 Å². The van der Waals surface area contributed by atoms with Crippen LogP contribution < -0.4 is 0 Å². The predicted octanol–water partition coefficient (Wildman–Crippen LogP) is 1.05. The van der Waals surface area contributed by atoms with Gasteiger partial charge in [0.25, 0.3) is 0 Å². The van der Waals surface area contributed by atoms with Gasteiger partial charge in [0.1, 0.15) is 18.3 Å². The Balaban J connectivity index is 2.55. The first-order valence-corrected chi connectivity index (χ1v) is 8.54. The molecule has 0 amide bonds. The monoisotopic (exact) mass is 330 g/mol. The number of unbranched alkanes of at least 4 members (excludes halogenated alkanes) is 1. The summed E-state index contributed by atoms with van der Waals surface area (Å²) in [6.07, 6.45) is 2.81. The highest BCUT2D eigenvalue weighted by Crippen LogP contribution is 2.18. The van der Waals surface area contributed by atoms with Gasteiger partial charge in [-0.3, -0.25) is 4.79 Å². The number of aliphatic hydroxyl groups excluding tert-OH is 4. The van der Waals surface area contributed by atoms with E-state index in [9.17, 15) is 25.2 Å². The smallest absolute Gasteiger partial charge is 0.306 e. The van der Waals surface area contributed by atoms with Crippen LogP contribution in [-0.2, 0) is 9.53 Å². The van der Waals surface area contributed by atoms with Crippen molar-refractivity contribution in [2.24, 2.45) is 0 Å². The van der Waals surface area contributed by atoms with E-state index in [4.69, 9.17) is 4.74 Å².